The van der Waals surface area contributed by atoms with Crippen LogP contribution in [-0.4, -0.2) is 11.4 Å². The van der Waals surface area contributed by atoms with Crippen molar-refractivity contribution in [3.05, 3.63) is 29.3 Å². The Bertz CT molecular complexity index is 271. The van der Waals surface area contributed by atoms with Gasteiger partial charge in [0.25, 0.3) is 0 Å². The largest absolute Gasteiger partial charge is 0.507 e. The van der Waals surface area contributed by atoms with Crippen LogP contribution < -0.4 is 0 Å². The molecule has 0 radical (unpaired) electrons. The SMILES string of the molecule is O=Cc1ccc(CF)cc1O. The molecule has 2 nitrogen and oxygen atoms in total. The Balaban J connectivity index is 3.09. The van der Waals surface area contributed by atoms with E-state index in [1.165, 1.54) is 18.2 Å². The molecule has 0 aliphatic rings. The van der Waals surface area contributed by atoms with Crippen LogP contribution in [0.5, 0.6) is 5.75 Å². The van der Waals surface area contributed by atoms with Gasteiger partial charge in [-0.2, -0.15) is 0 Å². The molecule has 0 atom stereocenters. The minimum absolute atomic E-state index is 0.171. The average Bonchev–Trinajstić information content (AvgIpc) is 2.04. The summed E-state index contributed by atoms with van der Waals surface area (Å²) in [7, 11) is 0. The second-order valence-electron chi connectivity index (χ2n) is 2.14. The smallest absolute Gasteiger partial charge is 0.153 e. The van der Waals surface area contributed by atoms with E-state index in [0.29, 0.717) is 11.8 Å². The molecule has 0 bridgehead atoms. The number of carbonyl (C=O) groups is 1. The Morgan fingerprint density at radius 3 is 2.73 bits per heavy atom. The molecule has 0 aliphatic heterocycles. The van der Waals surface area contributed by atoms with Crippen molar-refractivity contribution in [3.63, 3.8) is 0 Å². The van der Waals surface area contributed by atoms with E-state index >= 15 is 0 Å². The highest BCUT2D eigenvalue weighted by Gasteiger charge is 1.99. The zero-order chi connectivity index (χ0) is 8.27. The van der Waals surface area contributed by atoms with Crippen LogP contribution in [-0.2, 0) is 6.67 Å². The minimum atomic E-state index is -0.632. The number of halogens is 1. The van der Waals surface area contributed by atoms with E-state index in [2.05, 4.69) is 0 Å². The first-order valence-electron chi connectivity index (χ1n) is 3.11. The molecule has 3 heteroatoms. The van der Waals surface area contributed by atoms with Gasteiger partial charge in [-0.15, -0.1) is 0 Å². The maximum atomic E-state index is 11.9. The van der Waals surface area contributed by atoms with Crippen molar-refractivity contribution in [2.75, 3.05) is 0 Å². The first-order chi connectivity index (χ1) is 5.27. The van der Waals surface area contributed by atoms with Crippen LogP contribution in [0.3, 0.4) is 0 Å². The summed E-state index contributed by atoms with van der Waals surface area (Å²) in [6.07, 6.45) is 0.525. The number of hydrogen-bond acceptors (Lipinski definition) is 2. The van der Waals surface area contributed by atoms with Gasteiger partial charge in [-0.25, -0.2) is 4.39 Å². The summed E-state index contributed by atoms with van der Waals surface area (Å²) in [4.78, 5) is 10.2. The van der Waals surface area contributed by atoms with Gasteiger partial charge in [0, 0.05) is 0 Å². The van der Waals surface area contributed by atoms with Crippen molar-refractivity contribution in [1.29, 1.82) is 0 Å². The average molecular weight is 154 g/mol. The highest BCUT2D eigenvalue weighted by atomic mass is 19.1. The number of aldehydes is 1. The van der Waals surface area contributed by atoms with Crippen molar-refractivity contribution in [1.82, 2.24) is 0 Å². The van der Waals surface area contributed by atoms with Gasteiger partial charge in [0.2, 0.25) is 0 Å². The third-order valence-electron chi connectivity index (χ3n) is 1.38. The van der Waals surface area contributed by atoms with Crippen LogP contribution in [0.15, 0.2) is 18.2 Å². The highest BCUT2D eigenvalue weighted by molar-refractivity contribution is 5.79. The number of phenols is 1. The Kier molecular flexibility index (Phi) is 2.21. The lowest BCUT2D eigenvalue weighted by Gasteiger charge is -1.97. The number of hydrogen-bond donors (Lipinski definition) is 1. The van der Waals surface area contributed by atoms with E-state index in [-0.39, 0.29) is 11.3 Å². The Labute approximate surface area is 63.3 Å². The lowest BCUT2D eigenvalue weighted by Crippen LogP contribution is -1.83. The Morgan fingerprint density at radius 1 is 1.55 bits per heavy atom. The van der Waals surface area contributed by atoms with E-state index < -0.39 is 6.67 Å². The fourth-order valence-electron chi connectivity index (χ4n) is 0.772. The topological polar surface area (TPSA) is 37.3 Å². The summed E-state index contributed by atoms with van der Waals surface area (Å²) in [5.41, 5.74) is 0.551. The third kappa shape index (κ3) is 1.55. The number of carbonyl (C=O) groups excluding carboxylic acids is 1. The molecule has 1 rings (SSSR count). The lowest BCUT2D eigenvalue weighted by molar-refractivity contribution is 0.112. The van der Waals surface area contributed by atoms with Crippen molar-refractivity contribution in [2.45, 2.75) is 6.67 Å². The van der Waals surface area contributed by atoms with Crippen LogP contribution in [0.4, 0.5) is 4.39 Å². The standard InChI is InChI=1S/C8H7FO2/c9-4-6-1-2-7(5-10)8(11)3-6/h1-3,5,11H,4H2. The summed E-state index contributed by atoms with van der Waals surface area (Å²) < 4.78 is 11.9. The summed E-state index contributed by atoms with van der Waals surface area (Å²) in [6.45, 7) is -0.632. The summed E-state index contributed by atoms with van der Waals surface area (Å²) >= 11 is 0. The molecule has 0 spiro atoms. The van der Waals surface area contributed by atoms with Crippen LogP contribution in [0.1, 0.15) is 15.9 Å². The van der Waals surface area contributed by atoms with Crippen LogP contribution >= 0.6 is 0 Å². The first kappa shape index (κ1) is 7.72. The number of rotatable bonds is 2. The molecule has 0 amide bonds. The number of aromatic hydroxyl groups is 1. The van der Waals surface area contributed by atoms with E-state index in [1.807, 2.05) is 0 Å². The fraction of sp³-hybridized carbons (Fsp3) is 0.125. The summed E-state index contributed by atoms with van der Waals surface area (Å²) in [6, 6.07) is 4.09. The summed E-state index contributed by atoms with van der Waals surface area (Å²) in [5, 5.41) is 9.02. The maximum absolute atomic E-state index is 11.9. The second-order valence-corrected chi connectivity index (χ2v) is 2.14. The van der Waals surface area contributed by atoms with Crippen molar-refractivity contribution < 1.29 is 14.3 Å². The van der Waals surface area contributed by atoms with E-state index in [4.69, 9.17) is 5.11 Å². The van der Waals surface area contributed by atoms with Gasteiger partial charge >= 0.3 is 0 Å². The Morgan fingerprint density at radius 2 is 2.27 bits per heavy atom. The van der Waals surface area contributed by atoms with Gasteiger partial charge in [-0.05, 0) is 17.7 Å². The minimum Gasteiger partial charge on any atom is -0.507 e. The van der Waals surface area contributed by atoms with Crippen molar-refractivity contribution in [3.8, 4) is 5.75 Å². The maximum Gasteiger partial charge on any atom is 0.153 e. The molecule has 0 saturated heterocycles. The van der Waals surface area contributed by atoms with Crippen LogP contribution in [0.2, 0.25) is 0 Å². The molecule has 1 aromatic rings. The molecular weight excluding hydrogens is 147 g/mol. The normalized spacial score (nSPS) is 9.55. The van der Waals surface area contributed by atoms with Gasteiger partial charge in [0.1, 0.15) is 12.4 Å². The molecule has 0 heterocycles. The number of benzene rings is 1. The van der Waals surface area contributed by atoms with Crippen LogP contribution in [0, 0.1) is 0 Å². The molecule has 11 heavy (non-hydrogen) atoms. The van der Waals surface area contributed by atoms with Crippen LogP contribution in [0.25, 0.3) is 0 Å². The quantitative estimate of drug-likeness (QED) is 0.658. The van der Waals surface area contributed by atoms with Gasteiger partial charge < -0.3 is 5.11 Å². The monoisotopic (exact) mass is 154 g/mol. The summed E-state index contributed by atoms with van der Waals surface area (Å²) in [5.74, 6) is -0.171. The predicted octanol–water partition coefficient (Wildman–Crippen LogP) is 1.67. The molecule has 1 aromatic carbocycles. The number of phenolic OH excluding ortho intramolecular Hbond substituents is 1. The zero-order valence-corrected chi connectivity index (χ0v) is 5.75. The highest BCUT2D eigenvalue weighted by Crippen LogP contribution is 2.17. The fourth-order valence-corrected chi connectivity index (χ4v) is 0.772. The molecular formula is C8H7FO2. The molecule has 0 aromatic heterocycles. The Hall–Kier alpha value is -1.38. The van der Waals surface area contributed by atoms with E-state index in [9.17, 15) is 9.18 Å². The van der Waals surface area contributed by atoms with Gasteiger partial charge in [0.05, 0.1) is 5.56 Å². The molecule has 58 valence electrons. The third-order valence-corrected chi connectivity index (χ3v) is 1.38. The predicted molar refractivity (Wildman–Crippen MR) is 38.3 cm³/mol. The molecule has 1 N–H and O–H groups in total. The zero-order valence-electron chi connectivity index (χ0n) is 5.75. The lowest BCUT2D eigenvalue weighted by atomic mass is 10.1. The van der Waals surface area contributed by atoms with Crippen molar-refractivity contribution >= 4 is 6.29 Å². The molecule has 0 fully saturated rings. The molecule has 0 saturated carbocycles. The number of alkyl halides is 1. The van der Waals surface area contributed by atoms with Crippen molar-refractivity contribution in [2.24, 2.45) is 0 Å². The van der Waals surface area contributed by atoms with E-state index in [0.717, 1.165) is 0 Å². The molecule has 0 aliphatic carbocycles. The first-order valence-corrected chi connectivity index (χ1v) is 3.11. The molecule has 0 unspecified atom stereocenters. The van der Waals surface area contributed by atoms with Gasteiger partial charge in [0.15, 0.2) is 6.29 Å². The van der Waals surface area contributed by atoms with Gasteiger partial charge in [-0.3, -0.25) is 4.79 Å². The van der Waals surface area contributed by atoms with E-state index in [1.54, 1.807) is 0 Å². The van der Waals surface area contributed by atoms with Gasteiger partial charge in [-0.1, -0.05) is 6.07 Å². The second kappa shape index (κ2) is 3.14.